The Morgan fingerprint density at radius 3 is 2.33 bits per heavy atom. The minimum atomic E-state index is 0.0961. The van der Waals surface area contributed by atoms with Crippen LogP contribution >= 0.6 is 0 Å². The predicted octanol–water partition coefficient (Wildman–Crippen LogP) is 4.36. The van der Waals surface area contributed by atoms with Gasteiger partial charge in [0.2, 0.25) is 0 Å². The second-order valence-electron chi connectivity index (χ2n) is 4.79. The van der Waals surface area contributed by atoms with Crippen LogP contribution < -0.4 is 0 Å². The number of hydrogen-bond acceptors (Lipinski definition) is 1. The van der Waals surface area contributed by atoms with Crippen molar-refractivity contribution in [2.45, 2.75) is 32.8 Å². The van der Waals surface area contributed by atoms with Crippen molar-refractivity contribution in [3.05, 3.63) is 59.7 Å². The van der Waals surface area contributed by atoms with Crippen LogP contribution in [0, 0.1) is 0 Å². The average Bonchev–Trinajstić information content (AvgIpc) is 2.46. The van der Waals surface area contributed by atoms with E-state index in [0.29, 0.717) is 5.92 Å². The minimum Gasteiger partial charge on any atom is -0.392 e. The van der Waals surface area contributed by atoms with Gasteiger partial charge in [0.1, 0.15) is 0 Å². The molecule has 2 aromatic rings. The largest absolute Gasteiger partial charge is 0.392 e. The molecule has 0 aliphatic heterocycles. The second kappa shape index (κ2) is 5.83. The van der Waals surface area contributed by atoms with Gasteiger partial charge in [0, 0.05) is 0 Å². The Hall–Kier alpha value is -1.60. The van der Waals surface area contributed by atoms with Crippen LogP contribution in [0.4, 0.5) is 0 Å². The number of hydrogen-bond donors (Lipinski definition) is 1. The van der Waals surface area contributed by atoms with Gasteiger partial charge in [-0.1, -0.05) is 56.3 Å². The molecule has 0 radical (unpaired) electrons. The molecule has 0 aliphatic rings. The molecule has 1 atom stereocenters. The summed E-state index contributed by atoms with van der Waals surface area (Å²) in [6.07, 6.45) is 1.15. The Bertz CT molecular complexity index is 517. The van der Waals surface area contributed by atoms with Crippen molar-refractivity contribution in [1.82, 2.24) is 0 Å². The lowest BCUT2D eigenvalue weighted by Crippen LogP contribution is -1.92. The van der Waals surface area contributed by atoms with Crippen LogP contribution in [0.3, 0.4) is 0 Å². The van der Waals surface area contributed by atoms with E-state index in [-0.39, 0.29) is 6.61 Å². The van der Waals surface area contributed by atoms with Gasteiger partial charge in [-0.25, -0.2) is 0 Å². The van der Waals surface area contributed by atoms with E-state index in [1.54, 1.807) is 0 Å². The Balaban J connectivity index is 2.38. The number of aliphatic hydroxyl groups excluding tert-OH is 1. The SMILES string of the molecule is CCC(C)c1cccc(-c2cccc(CO)c2)c1. The molecule has 1 nitrogen and oxygen atoms in total. The van der Waals surface area contributed by atoms with Crippen molar-refractivity contribution in [3.8, 4) is 11.1 Å². The lowest BCUT2D eigenvalue weighted by atomic mass is 9.94. The van der Waals surface area contributed by atoms with Gasteiger partial charge >= 0.3 is 0 Å². The fraction of sp³-hybridized carbons (Fsp3) is 0.294. The third-order valence-corrected chi connectivity index (χ3v) is 3.51. The van der Waals surface area contributed by atoms with Gasteiger partial charge in [-0.15, -0.1) is 0 Å². The lowest BCUT2D eigenvalue weighted by molar-refractivity contribution is 0.282. The van der Waals surface area contributed by atoms with Crippen molar-refractivity contribution in [3.63, 3.8) is 0 Å². The summed E-state index contributed by atoms with van der Waals surface area (Å²) in [7, 11) is 0. The fourth-order valence-electron chi connectivity index (χ4n) is 2.11. The summed E-state index contributed by atoms with van der Waals surface area (Å²) in [4.78, 5) is 0. The van der Waals surface area contributed by atoms with Crippen LogP contribution in [0.15, 0.2) is 48.5 Å². The standard InChI is InChI=1S/C17H20O/c1-3-13(2)15-7-5-9-17(11-15)16-8-4-6-14(10-16)12-18/h4-11,13,18H,3,12H2,1-2H3. The first-order chi connectivity index (χ1) is 8.74. The first-order valence-electron chi connectivity index (χ1n) is 6.54. The smallest absolute Gasteiger partial charge is 0.0682 e. The van der Waals surface area contributed by atoms with E-state index in [4.69, 9.17) is 0 Å². The predicted molar refractivity (Wildman–Crippen MR) is 76.5 cm³/mol. The van der Waals surface area contributed by atoms with Crippen LogP contribution in [0.2, 0.25) is 0 Å². The Labute approximate surface area is 109 Å². The maximum atomic E-state index is 9.19. The van der Waals surface area contributed by atoms with E-state index in [1.165, 1.54) is 16.7 Å². The normalized spacial score (nSPS) is 12.4. The van der Waals surface area contributed by atoms with Gasteiger partial charge in [-0.2, -0.15) is 0 Å². The molecule has 0 bridgehead atoms. The van der Waals surface area contributed by atoms with Crippen LogP contribution in [-0.2, 0) is 6.61 Å². The van der Waals surface area contributed by atoms with E-state index < -0.39 is 0 Å². The van der Waals surface area contributed by atoms with Crippen molar-refractivity contribution in [1.29, 1.82) is 0 Å². The van der Waals surface area contributed by atoms with Crippen molar-refractivity contribution >= 4 is 0 Å². The molecule has 0 aliphatic carbocycles. The summed E-state index contributed by atoms with van der Waals surface area (Å²) in [6, 6.07) is 16.8. The molecule has 18 heavy (non-hydrogen) atoms. The van der Waals surface area contributed by atoms with Crippen LogP contribution in [0.25, 0.3) is 11.1 Å². The Kier molecular flexibility index (Phi) is 4.16. The average molecular weight is 240 g/mol. The molecule has 0 spiro atoms. The Morgan fingerprint density at radius 1 is 1.00 bits per heavy atom. The molecular formula is C17H20O. The topological polar surface area (TPSA) is 20.2 Å². The summed E-state index contributed by atoms with van der Waals surface area (Å²) in [6.45, 7) is 4.56. The molecule has 1 N–H and O–H groups in total. The zero-order valence-electron chi connectivity index (χ0n) is 11.1. The van der Waals surface area contributed by atoms with Gasteiger partial charge in [0.25, 0.3) is 0 Å². The quantitative estimate of drug-likeness (QED) is 0.842. The van der Waals surface area contributed by atoms with Crippen LogP contribution in [-0.4, -0.2) is 5.11 Å². The molecule has 0 amide bonds. The summed E-state index contributed by atoms with van der Waals surface area (Å²) >= 11 is 0. The highest BCUT2D eigenvalue weighted by atomic mass is 16.3. The molecule has 2 rings (SSSR count). The molecule has 0 saturated carbocycles. The monoisotopic (exact) mass is 240 g/mol. The van der Waals surface area contributed by atoms with Gasteiger partial charge in [-0.3, -0.25) is 0 Å². The molecule has 0 fully saturated rings. The molecule has 0 saturated heterocycles. The summed E-state index contributed by atoms with van der Waals surface area (Å²) in [5, 5.41) is 9.19. The second-order valence-corrected chi connectivity index (χ2v) is 4.79. The van der Waals surface area contributed by atoms with E-state index in [1.807, 2.05) is 12.1 Å². The highest BCUT2D eigenvalue weighted by Crippen LogP contribution is 2.26. The summed E-state index contributed by atoms with van der Waals surface area (Å²) < 4.78 is 0. The molecule has 0 aromatic heterocycles. The number of benzene rings is 2. The first-order valence-corrected chi connectivity index (χ1v) is 6.54. The molecule has 1 unspecified atom stereocenters. The van der Waals surface area contributed by atoms with Gasteiger partial charge in [-0.05, 0) is 40.7 Å². The van der Waals surface area contributed by atoms with E-state index in [2.05, 4.69) is 50.2 Å². The number of rotatable bonds is 4. The molecular weight excluding hydrogens is 220 g/mol. The highest BCUT2D eigenvalue weighted by Gasteiger charge is 2.05. The lowest BCUT2D eigenvalue weighted by Gasteiger charge is -2.11. The minimum absolute atomic E-state index is 0.0961. The van der Waals surface area contributed by atoms with E-state index in [9.17, 15) is 5.11 Å². The summed E-state index contributed by atoms with van der Waals surface area (Å²) in [5.41, 5.74) is 4.74. The Morgan fingerprint density at radius 2 is 1.67 bits per heavy atom. The third kappa shape index (κ3) is 2.80. The first kappa shape index (κ1) is 12.8. The highest BCUT2D eigenvalue weighted by molar-refractivity contribution is 5.65. The van der Waals surface area contributed by atoms with E-state index in [0.717, 1.165) is 12.0 Å². The summed E-state index contributed by atoms with van der Waals surface area (Å²) in [5.74, 6) is 0.589. The molecule has 2 aromatic carbocycles. The maximum Gasteiger partial charge on any atom is 0.0682 e. The van der Waals surface area contributed by atoms with E-state index >= 15 is 0 Å². The molecule has 94 valence electrons. The van der Waals surface area contributed by atoms with Gasteiger partial charge in [0.05, 0.1) is 6.61 Å². The molecule has 0 heterocycles. The van der Waals surface area contributed by atoms with Crippen LogP contribution in [0.1, 0.15) is 37.3 Å². The third-order valence-electron chi connectivity index (χ3n) is 3.51. The van der Waals surface area contributed by atoms with Crippen LogP contribution in [0.5, 0.6) is 0 Å². The number of aliphatic hydroxyl groups is 1. The zero-order chi connectivity index (χ0) is 13.0. The molecule has 1 heteroatoms. The van der Waals surface area contributed by atoms with Crippen molar-refractivity contribution < 1.29 is 5.11 Å². The maximum absolute atomic E-state index is 9.19. The van der Waals surface area contributed by atoms with Crippen molar-refractivity contribution in [2.75, 3.05) is 0 Å². The van der Waals surface area contributed by atoms with Crippen molar-refractivity contribution in [2.24, 2.45) is 0 Å². The van der Waals surface area contributed by atoms with Gasteiger partial charge in [0.15, 0.2) is 0 Å². The van der Waals surface area contributed by atoms with Gasteiger partial charge < -0.3 is 5.11 Å². The zero-order valence-corrected chi connectivity index (χ0v) is 11.1. The fourth-order valence-corrected chi connectivity index (χ4v) is 2.11.